The molecule has 0 aromatic heterocycles. The first-order valence-electron chi connectivity index (χ1n) is 6.74. The summed E-state index contributed by atoms with van der Waals surface area (Å²) in [6, 6.07) is 6.00. The molecule has 0 radical (unpaired) electrons. The summed E-state index contributed by atoms with van der Waals surface area (Å²) in [6.45, 7) is 6.80. The van der Waals surface area contributed by atoms with E-state index >= 15 is 0 Å². The first-order chi connectivity index (χ1) is 9.35. The van der Waals surface area contributed by atoms with Gasteiger partial charge in [0.25, 0.3) is 0 Å². The normalized spacial score (nSPS) is 17.9. The van der Waals surface area contributed by atoms with Crippen LogP contribution in [0.3, 0.4) is 0 Å². The van der Waals surface area contributed by atoms with Gasteiger partial charge in [-0.3, -0.25) is 0 Å². The Morgan fingerprint density at radius 2 is 2.25 bits per heavy atom. The molecule has 2 rings (SSSR count). The Kier molecular flexibility index (Phi) is 4.58. The second-order valence-corrected chi connectivity index (χ2v) is 6.81. The van der Waals surface area contributed by atoms with Crippen LogP contribution in [0.5, 0.6) is 5.75 Å². The molecule has 110 valence electrons. The summed E-state index contributed by atoms with van der Waals surface area (Å²) in [7, 11) is 0. The quantitative estimate of drug-likeness (QED) is 0.888. The summed E-state index contributed by atoms with van der Waals surface area (Å²) in [5, 5.41) is 2.84. The van der Waals surface area contributed by atoms with Crippen molar-refractivity contribution in [2.75, 3.05) is 13.2 Å². The zero-order chi connectivity index (χ0) is 14.8. The SMILES string of the molecule is CC(C)(C)OC(=O)NC[C@@H]1CCOc2cc(Br)ccc21. The number of ether oxygens (including phenoxy) is 2. The monoisotopic (exact) mass is 341 g/mol. The van der Waals surface area contributed by atoms with Crippen LogP contribution in [0.25, 0.3) is 0 Å². The van der Waals surface area contributed by atoms with Gasteiger partial charge in [-0.25, -0.2) is 4.79 Å². The highest BCUT2D eigenvalue weighted by Crippen LogP contribution is 2.35. The third-order valence-electron chi connectivity index (χ3n) is 3.03. The predicted molar refractivity (Wildman–Crippen MR) is 81.2 cm³/mol. The number of hydrogen-bond acceptors (Lipinski definition) is 3. The number of carbonyl (C=O) groups is 1. The summed E-state index contributed by atoms with van der Waals surface area (Å²) in [6.07, 6.45) is 0.521. The number of rotatable bonds is 2. The van der Waals surface area contributed by atoms with Crippen LogP contribution in [0, 0.1) is 0 Å². The second kappa shape index (κ2) is 6.04. The van der Waals surface area contributed by atoms with Crippen molar-refractivity contribution < 1.29 is 14.3 Å². The van der Waals surface area contributed by atoms with Gasteiger partial charge >= 0.3 is 6.09 Å². The lowest BCUT2D eigenvalue weighted by Gasteiger charge is -2.27. The molecule has 1 aliphatic rings. The molecule has 4 nitrogen and oxygen atoms in total. The van der Waals surface area contributed by atoms with Gasteiger partial charge in [0.1, 0.15) is 11.4 Å². The lowest BCUT2D eigenvalue weighted by atomic mass is 9.93. The summed E-state index contributed by atoms with van der Waals surface area (Å²) in [5.41, 5.74) is 0.665. The largest absolute Gasteiger partial charge is 0.493 e. The smallest absolute Gasteiger partial charge is 0.407 e. The number of carbonyl (C=O) groups excluding carboxylic acids is 1. The van der Waals surface area contributed by atoms with Gasteiger partial charge in [0.15, 0.2) is 0 Å². The summed E-state index contributed by atoms with van der Waals surface area (Å²) in [5.74, 6) is 1.15. The van der Waals surface area contributed by atoms with Gasteiger partial charge < -0.3 is 14.8 Å². The molecule has 0 saturated carbocycles. The zero-order valence-electron chi connectivity index (χ0n) is 12.0. The average molecular weight is 342 g/mol. The van der Waals surface area contributed by atoms with Crippen molar-refractivity contribution >= 4 is 22.0 Å². The molecule has 1 heterocycles. The summed E-state index contributed by atoms with van der Waals surface area (Å²) >= 11 is 3.44. The van der Waals surface area contributed by atoms with Crippen molar-refractivity contribution in [3.05, 3.63) is 28.2 Å². The highest BCUT2D eigenvalue weighted by Gasteiger charge is 2.23. The highest BCUT2D eigenvalue weighted by molar-refractivity contribution is 9.10. The van der Waals surface area contributed by atoms with E-state index in [9.17, 15) is 4.79 Å². The van der Waals surface area contributed by atoms with E-state index < -0.39 is 5.60 Å². The summed E-state index contributed by atoms with van der Waals surface area (Å²) < 4.78 is 11.9. The minimum absolute atomic E-state index is 0.263. The third kappa shape index (κ3) is 4.13. The Balaban J connectivity index is 1.97. The van der Waals surface area contributed by atoms with Crippen LogP contribution < -0.4 is 10.1 Å². The molecule has 0 spiro atoms. The van der Waals surface area contributed by atoms with Gasteiger partial charge in [0.2, 0.25) is 0 Å². The van der Waals surface area contributed by atoms with E-state index in [1.807, 2.05) is 39.0 Å². The minimum atomic E-state index is -0.470. The Morgan fingerprint density at radius 1 is 1.50 bits per heavy atom. The van der Waals surface area contributed by atoms with Crippen molar-refractivity contribution in [2.45, 2.75) is 38.7 Å². The molecule has 0 bridgehead atoms. The number of amides is 1. The van der Waals surface area contributed by atoms with Crippen LogP contribution >= 0.6 is 15.9 Å². The topological polar surface area (TPSA) is 47.6 Å². The van der Waals surface area contributed by atoms with Gasteiger partial charge in [0, 0.05) is 16.9 Å². The standard InChI is InChI=1S/C15H20BrNO3/c1-15(2,3)20-14(18)17-9-10-6-7-19-13-8-11(16)4-5-12(10)13/h4-5,8,10H,6-7,9H2,1-3H3,(H,17,18)/t10-/m0/s1. The van der Waals surface area contributed by atoms with Crippen LogP contribution in [0.15, 0.2) is 22.7 Å². The Labute approximate surface area is 128 Å². The maximum atomic E-state index is 11.7. The molecule has 0 saturated heterocycles. The number of fused-ring (bicyclic) bond motifs is 1. The fourth-order valence-corrected chi connectivity index (χ4v) is 2.51. The highest BCUT2D eigenvalue weighted by atomic mass is 79.9. The fraction of sp³-hybridized carbons (Fsp3) is 0.533. The number of alkyl carbamates (subject to hydrolysis) is 1. The Hall–Kier alpha value is -1.23. The van der Waals surface area contributed by atoms with Crippen LogP contribution in [0.2, 0.25) is 0 Å². The number of halogens is 1. The molecular weight excluding hydrogens is 322 g/mol. The van der Waals surface area contributed by atoms with Gasteiger partial charge in [-0.05, 0) is 44.9 Å². The maximum Gasteiger partial charge on any atom is 0.407 e. The predicted octanol–water partition coefficient (Wildman–Crippen LogP) is 3.84. The van der Waals surface area contributed by atoms with Gasteiger partial charge in [0.05, 0.1) is 6.61 Å². The summed E-state index contributed by atoms with van der Waals surface area (Å²) in [4.78, 5) is 11.7. The van der Waals surface area contributed by atoms with E-state index in [1.54, 1.807) is 0 Å². The number of nitrogens with one attached hydrogen (secondary N) is 1. The molecule has 1 aromatic carbocycles. The van der Waals surface area contributed by atoms with Gasteiger partial charge in [-0.1, -0.05) is 22.0 Å². The van der Waals surface area contributed by atoms with E-state index in [1.165, 1.54) is 0 Å². The molecule has 1 amide bonds. The number of benzene rings is 1. The van der Waals surface area contributed by atoms with E-state index in [0.717, 1.165) is 22.2 Å². The molecule has 1 aliphatic heterocycles. The molecular formula is C15H20BrNO3. The second-order valence-electron chi connectivity index (χ2n) is 5.90. The lowest BCUT2D eigenvalue weighted by Crippen LogP contribution is -2.35. The van der Waals surface area contributed by atoms with E-state index in [-0.39, 0.29) is 12.0 Å². The van der Waals surface area contributed by atoms with E-state index in [4.69, 9.17) is 9.47 Å². The van der Waals surface area contributed by atoms with Crippen molar-refractivity contribution in [3.8, 4) is 5.75 Å². The Morgan fingerprint density at radius 3 is 2.95 bits per heavy atom. The van der Waals surface area contributed by atoms with Crippen LogP contribution in [0.4, 0.5) is 4.79 Å². The van der Waals surface area contributed by atoms with Crippen LogP contribution in [0.1, 0.15) is 38.7 Å². The Bertz CT molecular complexity index is 496. The first-order valence-corrected chi connectivity index (χ1v) is 7.53. The minimum Gasteiger partial charge on any atom is -0.493 e. The zero-order valence-corrected chi connectivity index (χ0v) is 13.6. The molecule has 0 fully saturated rings. The van der Waals surface area contributed by atoms with E-state index in [0.29, 0.717) is 13.2 Å². The molecule has 0 aliphatic carbocycles. The number of hydrogen-bond donors (Lipinski definition) is 1. The molecule has 0 unspecified atom stereocenters. The van der Waals surface area contributed by atoms with Crippen LogP contribution in [-0.2, 0) is 4.74 Å². The molecule has 5 heteroatoms. The lowest BCUT2D eigenvalue weighted by molar-refractivity contribution is 0.0521. The van der Waals surface area contributed by atoms with Crippen molar-refractivity contribution in [3.63, 3.8) is 0 Å². The first kappa shape index (κ1) is 15.2. The van der Waals surface area contributed by atoms with Crippen molar-refractivity contribution in [1.82, 2.24) is 5.32 Å². The van der Waals surface area contributed by atoms with Crippen molar-refractivity contribution in [2.24, 2.45) is 0 Å². The van der Waals surface area contributed by atoms with Crippen LogP contribution in [-0.4, -0.2) is 24.8 Å². The molecule has 1 N–H and O–H groups in total. The molecule has 1 atom stereocenters. The average Bonchev–Trinajstić information content (AvgIpc) is 2.33. The van der Waals surface area contributed by atoms with Gasteiger partial charge in [-0.2, -0.15) is 0 Å². The third-order valence-corrected chi connectivity index (χ3v) is 3.52. The molecule has 20 heavy (non-hydrogen) atoms. The van der Waals surface area contributed by atoms with Gasteiger partial charge in [-0.15, -0.1) is 0 Å². The van der Waals surface area contributed by atoms with Crippen molar-refractivity contribution in [1.29, 1.82) is 0 Å². The maximum absolute atomic E-state index is 11.7. The van der Waals surface area contributed by atoms with E-state index in [2.05, 4.69) is 21.2 Å². The fourth-order valence-electron chi connectivity index (χ4n) is 2.17. The molecule has 1 aromatic rings.